The molecular weight excluding hydrogens is 312 g/mol. The molecule has 2 saturated heterocycles. The predicted octanol–water partition coefficient (Wildman–Crippen LogP) is 1.41. The second-order valence-corrected chi connectivity index (χ2v) is 9.26. The number of benzene rings is 1. The van der Waals surface area contributed by atoms with Crippen molar-refractivity contribution in [2.75, 3.05) is 36.5 Å². The number of sulfone groups is 1. The standard InChI is InChI=1S/C17H24N2O3S/c1-12(2)13-4-6-15(7-5-13)19(3)16(20)17-10-18-8-14(17)9-23(21,22)11-17/h4-7,12,14,18H,8-11H2,1-3H3/t14-,17-/m0/s1. The lowest BCUT2D eigenvalue weighted by molar-refractivity contribution is -0.127. The van der Waals surface area contributed by atoms with Crippen LogP contribution < -0.4 is 10.2 Å². The molecule has 2 heterocycles. The van der Waals surface area contributed by atoms with Crippen LogP contribution in [0, 0.1) is 11.3 Å². The Hall–Kier alpha value is -1.40. The van der Waals surface area contributed by atoms with E-state index in [-0.39, 0.29) is 23.3 Å². The van der Waals surface area contributed by atoms with Crippen molar-refractivity contribution in [1.82, 2.24) is 5.32 Å². The van der Waals surface area contributed by atoms with E-state index in [1.807, 2.05) is 24.3 Å². The van der Waals surface area contributed by atoms with E-state index in [0.29, 0.717) is 19.0 Å². The number of hydrogen-bond donors (Lipinski definition) is 1. The van der Waals surface area contributed by atoms with Crippen molar-refractivity contribution < 1.29 is 13.2 Å². The first kappa shape index (κ1) is 16.5. The van der Waals surface area contributed by atoms with Gasteiger partial charge in [-0.2, -0.15) is 0 Å². The van der Waals surface area contributed by atoms with Gasteiger partial charge in [-0.15, -0.1) is 0 Å². The minimum Gasteiger partial charge on any atom is -0.315 e. The third-order valence-electron chi connectivity index (χ3n) is 5.22. The fourth-order valence-electron chi connectivity index (χ4n) is 3.80. The highest BCUT2D eigenvalue weighted by Gasteiger charge is 2.58. The van der Waals surface area contributed by atoms with Crippen LogP contribution in [0.1, 0.15) is 25.3 Å². The van der Waals surface area contributed by atoms with Crippen molar-refractivity contribution in [1.29, 1.82) is 0 Å². The fourth-order valence-corrected chi connectivity index (χ4v) is 6.21. The lowest BCUT2D eigenvalue weighted by Crippen LogP contribution is -2.47. The molecule has 2 atom stereocenters. The molecule has 2 aliphatic heterocycles. The van der Waals surface area contributed by atoms with Crippen molar-refractivity contribution in [3.8, 4) is 0 Å². The second kappa shape index (κ2) is 5.60. The molecule has 3 rings (SSSR count). The van der Waals surface area contributed by atoms with Crippen molar-refractivity contribution in [3.05, 3.63) is 29.8 Å². The molecule has 0 radical (unpaired) electrons. The third-order valence-corrected chi connectivity index (χ3v) is 7.09. The Morgan fingerprint density at radius 1 is 1.30 bits per heavy atom. The molecule has 1 aromatic rings. The lowest BCUT2D eigenvalue weighted by atomic mass is 9.79. The summed E-state index contributed by atoms with van der Waals surface area (Å²) in [7, 11) is -1.39. The zero-order chi connectivity index (χ0) is 16.8. The van der Waals surface area contributed by atoms with E-state index < -0.39 is 15.3 Å². The van der Waals surface area contributed by atoms with E-state index in [2.05, 4.69) is 19.2 Å². The molecule has 0 saturated carbocycles. The molecule has 1 aromatic carbocycles. The number of carbonyl (C=O) groups is 1. The molecule has 6 heteroatoms. The van der Waals surface area contributed by atoms with Gasteiger partial charge in [-0.05, 0) is 23.6 Å². The maximum Gasteiger partial charge on any atom is 0.235 e. The number of fused-ring (bicyclic) bond motifs is 1. The van der Waals surface area contributed by atoms with E-state index >= 15 is 0 Å². The van der Waals surface area contributed by atoms with Crippen LogP contribution >= 0.6 is 0 Å². The summed E-state index contributed by atoms with van der Waals surface area (Å²) in [5.41, 5.74) is 1.23. The van der Waals surface area contributed by atoms with E-state index in [1.165, 1.54) is 5.56 Å². The normalized spacial score (nSPS) is 28.8. The number of nitrogens with one attached hydrogen (secondary N) is 1. The van der Waals surface area contributed by atoms with Gasteiger partial charge in [0.2, 0.25) is 5.91 Å². The quantitative estimate of drug-likeness (QED) is 0.906. The van der Waals surface area contributed by atoms with Gasteiger partial charge in [0.05, 0.1) is 16.9 Å². The van der Waals surface area contributed by atoms with Crippen LogP contribution in [-0.2, 0) is 14.6 Å². The zero-order valence-corrected chi connectivity index (χ0v) is 14.7. The molecule has 23 heavy (non-hydrogen) atoms. The molecule has 0 spiro atoms. The average Bonchev–Trinajstić information content (AvgIpc) is 2.99. The van der Waals surface area contributed by atoms with Crippen LogP contribution in [-0.4, -0.2) is 46.0 Å². The first-order valence-corrected chi connectivity index (χ1v) is 9.86. The molecule has 2 aliphatic rings. The maximum absolute atomic E-state index is 13.1. The summed E-state index contributed by atoms with van der Waals surface area (Å²) in [4.78, 5) is 14.7. The van der Waals surface area contributed by atoms with Crippen LogP contribution in [0.2, 0.25) is 0 Å². The minimum atomic E-state index is -3.13. The smallest absolute Gasteiger partial charge is 0.235 e. The first-order chi connectivity index (χ1) is 10.8. The van der Waals surface area contributed by atoms with Gasteiger partial charge < -0.3 is 10.2 Å². The number of carbonyl (C=O) groups excluding carboxylic acids is 1. The Morgan fingerprint density at radius 2 is 1.96 bits per heavy atom. The van der Waals surface area contributed by atoms with Gasteiger partial charge in [0, 0.05) is 31.7 Å². The zero-order valence-electron chi connectivity index (χ0n) is 13.9. The Kier molecular flexibility index (Phi) is 4.01. The molecule has 2 fully saturated rings. The van der Waals surface area contributed by atoms with Crippen LogP contribution in [0.5, 0.6) is 0 Å². The Labute approximate surface area is 138 Å². The average molecular weight is 336 g/mol. The summed E-state index contributed by atoms with van der Waals surface area (Å²) in [5.74, 6) is 0.312. The fraction of sp³-hybridized carbons (Fsp3) is 0.588. The highest BCUT2D eigenvalue weighted by atomic mass is 32.2. The maximum atomic E-state index is 13.1. The monoisotopic (exact) mass is 336 g/mol. The molecule has 5 nitrogen and oxygen atoms in total. The summed E-state index contributed by atoms with van der Waals surface area (Å²) in [5, 5.41) is 3.20. The van der Waals surface area contributed by atoms with E-state index in [9.17, 15) is 13.2 Å². The van der Waals surface area contributed by atoms with Gasteiger partial charge in [-0.3, -0.25) is 4.79 Å². The Bertz CT molecular complexity index is 712. The number of hydrogen-bond acceptors (Lipinski definition) is 4. The van der Waals surface area contributed by atoms with Crippen molar-refractivity contribution in [2.24, 2.45) is 11.3 Å². The van der Waals surface area contributed by atoms with Crippen molar-refractivity contribution in [2.45, 2.75) is 19.8 Å². The largest absolute Gasteiger partial charge is 0.315 e. The van der Waals surface area contributed by atoms with Gasteiger partial charge in [0.25, 0.3) is 0 Å². The summed E-state index contributed by atoms with van der Waals surface area (Å²) < 4.78 is 24.1. The number of nitrogens with zero attached hydrogens (tertiary/aromatic N) is 1. The topological polar surface area (TPSA) is 66.5 Å². The van der Waals surface area contributed by atoms with Crippen LogP contribution in [0.3, 0.4) is 0 Å². The van der Waals surface area contributed by atoms with Gasteiger partial charge in [-0.25, -0.2) is 8.42 Å². The number of anilines is 1. The Morgan fingerprint density at radius 3 is 2.57 bits per heavy atom. The van der Waals surface area contributed by atoms with Gasteiger partial charge in [0.1, 0.15) is 0 Å². The first-order valence-electron chi connectivity index (χ1n) is 8.04. The van der Waals surface area contributed by atoms with E-state index in [4.69, 9.17) is 0 Å². The summed E-state index contributed by atoms with van der Waals surface area (Å²) >= 11 is 0. The molecule has 126 valence electrons. The molecule has 1 N–H and O–H groups in total. The van der Waals surface area contributed by atoms with E-state index in [0.717, 1.165) is 5.69 Å². The molecule has 1 amide bonds. The number of amides is 1. The second-order valence-electron chi connectivity index (χ2n) is 7.15. The van der Waals surface area contributed by atoms with Crippen LogP contribution in [0.4, 0.5) is 5.69 Å². The van der Waals surface area contributed by atoms with Crippen molar-refractivity contribution >= 4 is 21.4 Å². The molecule has 0 unspecified atom stereocenters. The summed E-state index contributed by atoms with van der Waals surface area (Å²) in [6.45, 7) is 5.30. The predicted molar refractivity (Wildman–Crippen MR) is 91.4 cm³/mol. The summed E-state index contributed by atoms with van der Waals surface area (Å²) in [6.07, 6.45) is 0. The molecule has 0 aliphatic carbocycles. The SMILES string of the molecule is CC(C)c1ccc(N(C)C(=O)[C@]23CNC[C@H]2CS(=O)(=O)C3)cc1. The number of rotatable bonds is 3. The summed E-state index contributed by atoms with van der Waals surface area (Å²) in [6, 6.07) is 7.92. The van der Waals surface area contributed by atoms with Gasteiger partial charge in [0.15, 0.2) is 9.84 Å². The molecular formula is C17H24N2O3S. The van der Waals surface area contributed by atoms with E-state index in [1.54, 1.807) is 11.9 Å². The highest BCUT2D eigenvalue weighted by Crippen LogP contribution is 2.42. The minimum absolute atomic E-state index is 0.0368. The highest BCUT2D eigenvalue weighted by molar-refractivity contribution is 7.91. The van der Waals surface area contributed by atoms with Gasteiger partial charge in [-0.1, -0.05) is 26.0 Å². The molecule has 0 aromatic heterocycles. The lowest BCUT2D eigenvalue weighted by Gasteiger charge is -2.31. The van der Waals surface area contributed by atoms with Gasteiger partial charge >= 0.3 is 0 Å². The van der Waals surface area contributed by atoms with Crippen molar-refractivity contribution in [3.63, 3.8) is 0 Å². The van der Waals surface area contributed by atoms with Crippen LogP contribution in [0.25, 0.3) is 0 Å². The Balaban J connectivity index is 1.87. The molecule has 0 bridgehead atoms. The van der Waals surface area contributed by atoms with Crippen LogP contribution in [0.15, 0.2) is 24.3 Å². The third kappa shape index (κ3) is 2.78.